The number of aliphatic carboxylic acids is 1. The zero-order valence-corrected chi connectivity index (χ0v) is 6.87. The van der Waals surface area contributed by atoms with Crippen LogP contribution in [0.5, 0.6) is 0 Å². The molecule has 0 aromatic rings. The van der Waals surface area contributed by atoms with Crippen LogP contribution in [-0.4, -0.2) is 17.8 Å². The van der Waals surface area contributed by atoms with Crippen molar-refractivity contribution in [2.45, 2.75) is 20.3 Å². The van der Waals surface area contributed by atoms with Gasteiger partial charge in [0.15, 0.2) is 0 Å². The molecular weight excluding hydrogens is 142 g/mol. The molecule has 1 N–H and O–H groups in total. The molecule has 0 aliphatic carbocycles. The summed E-state index contributed by atoms with van der Waals surface area (Å²) in [7, 11) is 0. The van der Waals surface area contributed by atoms with Gasteiger partial charge in [-0.05, 0) is 25.6 Å². The van der Waals surface area contributed by atoms with Gasteiger partial charge in [0, 0.05) is 6.20 Å². The summed E-state index contributed by atoms with van der Waals surface area (Å²) in [4.78, 5) is 14.1. The molecule has 3 nitrogen and oxygen atoms in total. The molecule has 0 bridgehead atoms. The Hall–Kier alpha value is -1.12. The summed E-state index contributed by atoms with van der Waals surface area (Å²) in [5.41, 5.74) is 0.745. The predicted octanol–water partition coefficient (Wildman–Crippen LogP) is 1.70. The Morgan fingerprint density at radius 2 is 2.36 bits per heavy atom. The van der Waals surface area contributed by atoms with Gasteiger partial charge in [0.2, 0.25) is 0 Å². The monoisotopic (exact) mass is 155 g/mol. The fourth-order valence-electron chi connectivity index (χ4n) is 0.925. The van der Waals surface area contributed by atoms with Gasteiger partial charge < -0.3 is 5.11 Å². The third kappa shape index (κ3) is 2.98. The maximum atomic E-state index is 10.5. The van der Waals surface area contributed by atoms with Crippen LogP contribution in [0.1, 0.15) is 20.3 Å². The number of carboxylic acids is 1. The molecule has 0 radical (unpaired) electrons. The average Bonchev–Trinajstić information content (AvgIpc) is 1.88. The molecule has 11 heavy (non-hydrogen) atoms. The Kier molecular flexibility index (Phi) is 4.18. The molecule has 0 aromatic carbocycles. The Morgan fingerprint density at radius 1 is 1.82 bits per heavy atom. The second kappa shape index (κ2) is 4.66. The van der Waals surface area contributed by atoms with Gasteiger partial charge >= 0.3 is 5.97 Å². The summed E-state index contributed by atoms with van der Waals surface area (Å²) in [5, 5.41) is 8.67. The summed E-state index contributed by atoms with van der Waals surface area (Å²) >= 11 is 0. The van der Waals surface area contributed by atoms with Gasteiger partial charge in [0.25, 0.3) is 0 Å². The van der Waals surface area contributed by atoms with Crippen LogP contribution < -0.4 is 0 Å². The first-order valence-corrected chi connectivity index (χ1v) is 3.48. The Morgan fingerprint density at radius 3 is 2.64 bits per heavy atom. The fourth-order valence-corrected chi connectivity index (χ4v) is 0.925. The second-order valence-corrected chi connectivity index (χ2v) is 2.35. The number of carbonyl (C=O) groups is 1. The van der Waals surface area contributed by atoms with E-state index in [9.17, 15) is 4.79 Å². The lowest BCUT2D eigenvalue weighted by Gasteiger charge is -2.07. The molecular formula is C8H13NO2. The van der Waals surface area contributed by atoms with Crippen LogP contribution in [0.15, 0.2) is 16.8 Å². The van der Waals surface area contributed by atoms with Crippen molar-refractivity contribution in [3.63, 3.8) is 0 Å². The lowest BCUT2D eigenvalue weighted by atomic mass is 9.99. The molecule has 0 aliphatic rings. The largest absolute Gasteiger partial charge is 0.481 e. The van der Waals surface area contributed by atoms with Gasteiger partial charge in [-0.1, -0.05) is 6.92 Å². The molecule has 62 valence electrons. The van der Waals surface area contributed by atoms with Crippen LogP contribution in [0.3, 0.4) is 0 Å². The normalized spacial score (nSPS) is 14.2. The Bertz CT molecular complexity index is 185. The SMILES string of the molecule is C=N/C=C(\C)C(CC)C(=O)O. The summed E-state index contributed by atoms with van der Waals surface area (Å²) in [6.07, 6.45) is 2.08. The second-order valence-electron chi connectivity index (χ2n) is 2.35. The molecule has 0 fully saturated rings. The maximum Gasteiger partial charge on any atom is 0.310 e. The molecule has 0 saturated heterocycles. The summed E-state index contributed by atoms with van der Waals surface area (Å²) in [5.74, 6) is -1.22. The fraction of sp³-hybridized carbons (Fsp3) is 0.500. The van der Waals surface area contributed by atoms with Gasteiger partial charge in [0.1, 0.15) is 0 Å². The topological polar surface area (TPSA) is 49.7 Å². The smallest absolute Gasteiger partial charge is 0.310 e. The number of aliphatic imine (C=N–C) groups is 1. The van der Waals surface area contributed by atoms with Gasteiger partial charge in [-0.2, -0.15) is 0 Å². The van der Waals surface area contributed by atoms with E-state index in [0.29, 0.717) is 6.42 Å². The van der Waals surface area contributed by atoms with Crippen molar-refractivity contribution in [2.24, 2.45) is 10.9 Å². The van der Waals surface area contributed by atoms with Crippen LogP contribution in [0.25, 0.3) is 0 Å². The van der Waals surface area contributed by atoms with Crippen molar-refractivity contribution in [1.29, 1.82) is 0 Å². The molecule has 0 aliphatic heterocycles. The van der Waals surface area contributed by atoms with Crippen molar-refractivity contribution >= 4 is 12.7 Å². The first-order valence-electron chi connectivity index (χ1n) is 3.48. The minimum absolute atomic E-state index is 0.416. The lowest BCUT2D eigenvalue weighted by Crippen LogP contribution is -2.13. The van der Waals surface area contributed by atoms with Crippen molar-refractivity contribution in [3.05, 3.63) is 11.8 Å². The van der Waals surface area contributed by atoms with Gasteiger partial charge in [-0.15, -0.1) is 0 Å². The third-order valence-corrected chi connectivity index (χ3v) is 1.55. The molecule has 3 heteroatoms. The van der Waals surface area contributed by atoms with Crippen LogP contribution >= 0.6 is 0 Å². The first kappa shape index (κ1) is 9.88. The summed E-state index contributed by atoms with van der Waals surface area (Å²) in [6.45, 7) is 6.84. The van der Waals surface area contributed by atoms with Crippen LogP contribution in [0.2, 0.25) is 0 Å². The van der Waals surface area contributed by atoms with E-state index >= 15 is 0 Å². The molecule has 0 saturated carbocycles. The highest BCUT2D eigenvalue weighted by Crippen LogP contribution is 2.14. The van der Waals surface area contributed by atoms with E-state index in [4.69, 9.17) is 5.11 Å². The zero-order chi connectivity index (χ0) is 8.85. The molecule has 0 rings (SSSR count). The highest BCUT2D eigenvalue weighted by Gasteiger charge is 2.15. The summed E-state index contributed by atoms with van der Waals surface area (Å²) < 4.78 is 0. The maximum absolute atomic E-state index is 10.5. The minimum Gasteiger partial charge on any atom is -0.481 e. The Balaban J connectivity index is 4.37. The zero-order valence-electron chi connectivity index (χ0n) is 6.87. The quantitative estimate of drug-likeness (QED) is 0.628. The standard InChI is InChI=1S/C8H13NO2/c1-4-7(8(10)11)6(2)5-9-3/h5,7H,3-4H2,1-2H3,(H,10,11)/b6-5+. The molecule has 1 atom stereocenters. The van der Waals surface area contributed by atoms with Crippen LogP contribution in [0, 0.1) is 5.92 Å². The van der Waals surface area contributed by atoms with Crippen molar-refractivity contribution in [2.75, 3.05) is 0 Å². The third-order valence-electron chi connectivity index (χ3n) is 1.55. The van der Waals surface area contributed by atoms with E-state index < -0.39 is 11.9 Å². The number of nitrogens with zero attached hydrogens (tertiary/aromatic N) is 1. The average molecular weight is 155 g/mol. The van der Waals surface area contributed by atoms with Gasteiger partial charge in [-0.25, -0.2) is 0 Å². The molecule has 0 amide bonds. The lowest BCUT2D eigenvalue weighted by molar-refractivity contribution is -0.140. The van der Waals surface area contributed by atoms with E-state index in [1.54, 1.807) is 6.92 Å². The van der Waals surface area contributed by atoms with Gasteiger partial charge in [0.05, 0.1) is 5.92 Å². The van der Waals surface area contributed by atoms with Crippen LogP contribution in [0.4, 0.5) is 0 Å². The molecule has 1 unspecified atom stereocenters. The van der Waals surface area contributed by atoms with Crippen molar-refractivity contribution in [3.8, 4) is 0 Å². The van der Waals surface area contributed by atoms with E-state index in [1.807, 2.05) is 6.92 Å². The van der Waals surface area contributed by atoms with Gasteiger partial charge in [-0.3, -0.25) is 9.79 Å². The van der Waals surface area contributed by atoms with E-state index in [1.165, 1.54) is 6.20 Å². The molecule has 0 spiro atoms. The number of hydrogen-bond donors (Lipinski definition) is 1. The molecule has 0 heterocycles. The number of carboxylic acid groups (broad SMARTS) is 1. The number of hydrogen-bond acceptors (Lipinski definition) is 2. The van der Waals surface area contributed by atoms with Crippen molar-refractivity contribution < 1.29 is 9.90 Å². The van der Waals surface area contributed by atoms with Crippen molar-refractivity contribution in [1.82, 2.24) is 0 Å². The highest BCUT2D eigenvalue weighted by molar-refractivity contribution is 5.73. The predicted molar refractivity (Wildman–Crippen MR) is 44.7 cm³/mol. The summed E-state index contributed by atoms with van der Waals surface area (Å²) in [6, 6.07) is 0. The van der Waals surface area contributed by atoms with E-state index in [-0.39, 0.29) is 0 Å². The Labute approximate surface area is 66.5 Å². The molecule has 0 aromatic heterocycles. The van der Waals surface area contributed by atoms with E-state index in [0.717, 1.165) is 5.57 Å². The van der Waals surface area contributed by atoms with Crippen LogP contribution in [-0.2, 0) is 4.79 Å². The highest BCUT2D eigenvalue weighted by atomic mass is 16.4. The minimum atomic E-state index is -0.801. The first-order chi connectivity index (χ1) is 5.13. The number of rotatable bonds is 4. The van der Waals surface area contributed by atoms with E-state index in [2.05, 4.69) is 11.7 Å².